The number of nitrogens with zero attached hydrogens (tertiary/aromatic N) is 1. The first-order valence-electron chi connectivity index (χ1n) is 6.26. The zero-order valence-corrected chi connectivity index (χ0v) is 11.1. The average Bonchev–Trinajstić information content (AvgIpc) is 2.36. The van der Waals surface area contributed by atoms with Crippen LogP contribution in [0.25, 0.3) is 10.9 Å². The molecule has 0 aliphatic carbocycles. The topological polar surface area (TPSA) is 45.1 Å². The van der Waals surface area contributed by atoms with Crippen LogP contribution in [-0.2, 0) is 6.54 Å². The van der Waals surface area contributed by atoms with Gasteiger partial charge in [0.15, 0.2) is 0 Å². The number of hydrogen-bond acceptors (Lipinski definition) is 3. The lowest BCUT2D eigenvalue weighted by Crippen LogP contribution is -2.47. The number of pyridine rings is 1. The summed E-state index contributed by atoms with van der Waals surface area (Å²) in [6, 6.07) is 10.1. The second-order valence-electron chi connectivity index (χ2n) is 5.24. The maximum atomic E-state index is 9.70. The minimum Gasteiger partial charge on any atom is -0.392 e. The summed E-state index contributed by atoms with van der Waals surface area (Å²) >= 11 is 0. The van der Waals surface area contributed by atoms with E-state index in [9.17, 15) is 5.11 Å². The number of rotatable bonds is 4. The molecule has 0 spiro atoms. The molecule has 0 saturated heterocycles. The minimum atomic E-state index is -0.398. The molecule has 3 nitrogen and oxygen atoms in total. The summed E-state index contributed by atoms with van der Waals surface area (Å²) < 4.78 is 0. The molecule has 0 amide bonds. The summed E-state index contributed by atoms with van der Waals surface area (Å²) in [5.74, 6) is 0. The first-order chi connectivity index (χ1) is 8.50. The molecule has 0 aliphatic heterocycles. The number of benzene rings is 1. The van der Waals surface area contributed by atoms with Gasteiger partial charge in [-0.2, -0.15) is 0 Å². The fraction of sp³-hybridized carbons (Fsp3) is 0.400. The zero-order chi connectivity index (χ0) is 13.2. The van der Waals surface area contributed by atoms with E-state index in [-0.39, 0.29) is 5.54 Å². The molecule has 3 heteroatoms. The molecular formula is C15H20N2O. The Morgan fingerprint density at radius 1 is 1.28 bits per heavy atom. The molecule has 1 heterocycles. The Morgan fingerprint density at radius 3 is 2.72 bits per heavy atom. The van der Waals surface area contributed by atoms with Crippen LogP contribution in [0.15, 0.2) is 36.5 Å². The van der Waals surface area contributed by atoms with Crippen LogP contribution in [0.2, 0.25) is 0 Å². The van der Waals surface area contributed by atoms with Crippen LogP contribution in [0.4, 0.5) is 0 Å². The van der Waals surface area contributed by atoms with Crippen LogP contribution in [0, 0.1) is 0 Å². The third-order valence-electron chi connectivity index (χ3n) is 3.52. The van der Waals surface area contributed by atoms with E-state index in [0.717, 1.165) is 17.4 Å². The minimum absolute atomic E-state index is 0.301. The van der Waals surface area contributed by atoms with Gasteiger partial charge in [-0.25, -0.2) is 0 Å². The second kappa shape index (κ2) is 5.04. The molecule has 2 N–H and O–H groups in total. The monoisotopic (exact) mass is 244 g/mol. The van der Waals surface area contributed by atoms with Gasteiger partial charge in [-0.15, -0.1) is 0 Å². The number of aliphatic hydroxyl groups excluding tert-OH is 1. The van der Waals surface area contributed by atoms with Crippen molar-refractivity contribution in [3.05, 3.63) is 42.1 Å². The highest BCUT2D eigenvalue weighted by Crippen LogP contribution is 2.17. The smallest absolute Gasteiger partial charge is 0.0705 e. The maximum Gasteiger partial charge on any atom is 0.0705 e. The highest BCUT2D eigenvalue weighted by Gasteiger charge is 2.23. The number of aliphatic hydroxyl groups is 1. The van der Waals surface area contributed by atoms with Gasteiger partial charge in [0, 0.05) is 23.7 Å². The molecule has 0 bridgehead atoms. The molecule has 2 rings (SSSR count). The van der Waals surface area contributed by atoms with Crippen molar-refractivity contribution >= 4 is 10.9 Å². The zero-order valence-electron chi connectivity index (χ0n) is 11.1. The Hall–Kier alpha value is -1.45. The Bertz CT molecular complexity index is 530. The molecule has 0 fully saturated rings. The molecule has 96 valence electrons. The molecular weight excluding hydrogens is 224 g/mol. The van der Waals surface area contributed by atoms with E-state index in [2.05, 4.69) is 16.4 Å². The Balaban J connectivity index is 2.22. The lowest BCUT2D eigenvalue weighted by molar-refractivity contribution is 0.0957. The Kier molecular flexibility index (Phi) is 3.64. The predicted octanol–water partition coefficient (Wildman–Crippen LogP) is 2.48. The number of fused-ring (bicyclic) bond motifs is 1. The molecule has 0 aliphatic rings. The van der Waals surface area contributed by atoms with Gasteiger partial charge in [0.05, 0.1) is 11.6 Å². The second-order valence-corrected chi connectivity index (χ2v) is 5.24. The van der Waals surface area contributed by atoms with Crippen molar-refractivity contribution in [2.24, 2.45) is 0 Å². The van der Waals surface area contributed by atoms with Gasteiger partial charge < -0.3 is 10.4 Å². The highest BCUT2D eigenvalue weighted by molar-refractivity contribution is 5.81. The third kappa shape index (κ3) is 2.68. The number of aromatic nitrogens is 1. The number of hydrogen-bond donors (Lipinski definition) is 2. The van der Waals surface area contributed by atoms with E-state index in [0.29, 0.717) is 0 Å². The first-order valence-corrected chi connectivity index (χ1v) is 6.26. The summed E-state index contributed by atoms with van der Waals surface area (Å²) in [6.45, 7) is 6.53. The predicted molar refractivity (Wildman–Crippen MR) is 74.3 cm³/mol. The molecule has 0 saturated carbocycles. The average molecular weight is 244 g/mol. The van der Waals surface area contributed by atoms with Gasteiger partial charge in [0.1, 0.15) is 0 Å². The van der Waals surface area contributed by atoms with Gasteiger partial charge in [-0.05, 0) is 38.5 Å². The standard InChI is InChI=1S/C15H20N2O/c1-11(18)15(2,3)17-10-12-8-9-16-14-7-5-4-6-13(12)14/h4-9,11,17-18H,10H2,1-3H3. The molecule has 0 radical (unpaired) electrons. The molecule has 18 heavy (non-hydrogen) atoms. The third-order valence-corrected chi connectivity index (χ3v) is 3.52. The molecule has 2 aromatic rings. The lowest BCUT2D eigenvalue weighted by atomic mass is 9.98. The van der Waals surface area contributed by atoms with Crippen molar-refractivity contribution in [2.45, 2.75) is 39.0 Å². The quantitative estimate of drug-likeness (QED) is 0.868. The van der Waals surface area contributed by atoms with E-state index in [1.165, 1.54) is 5.56 Å². The van der Waals surface area contributed by atoms with Crippen molar-refractivity contribution in [3.63, 3.8) is 0 Å². The van der Waals surface area contributed by atoms with Crippen LogP contribution >= 0.6 is 0 Å². The fourth-order valence-electron chi connectivity index (χ4n) is 1.78. The van der Waals surface area contributed by atoms with E-state index >= 15 is 0 Å². The van der Waals surface area contributed by atoms with E-state index < -0.39 is 6.10 Å². The van der Waals surface area contributed by atoms with Crippen LogP contribution in [0.3, 0.4) is 0 Å². The Morgan fingerprint density at radius 2 is 2.00 bits per heavy atom. The fourth-order valence-corrected chi connectivity index (χ4v) is 1.78. The van der Waals surface area contributed by atoms with Crippen molar-refractivity contribution in [1.82, 2.24) is 10.3 Å². The van der Waals surface area contributed by atoms with Gasteiger partial charge in [0.2, 0.25) is 0 Å². The molecule has 1 atom stereocenters. The lowest BCUT2D eigenvalue weighted by Gasteiger charge is -2.29. The Labute approximate surface area is 108 Å². The van der Waals surface area contributed by atoms with Crippen molar-refractivity contribution in [3.8, 4) is 0 Å². The summed E-state index contributed by atoms with van der Waals surface area (Å²) in [7, 11) is 0. The van der Waals surface area contributed by atoms with Crippen LogP contribution < -0.4 is 5.32 Å². The van der Waals surface area contributed by atoms with Crippen LogP contribution in [0.5, 0.6) is 0 Å². The van der Waals surface area contributed by atoms with Crippen LogP contribution in [-0.4, -0.2) is 21.7 Å². The van der Waals surface area contributed by atoms with E-state index in [1.54, 1.807) is 6.92 Å². The van der Waals surface area contributed by atoms with E-state index in [1.807, 2.05) is 44.3 Å². The van der Waals surface area contributed by atoms with Crippen molar-refractivity contribution < 1.29 is 5.11 Å². The summed E-state index contributed by atoms with van der Waals surface area (Å²) in [5.41, 5.74) is 1.91. The summed E-state index contributed by atoms with van der Waals surface area (Å²) in [4.78, 5) is 4.34. The van der Waals surface area contributed by atoms with Crippen LogP contribution in [0.1, 0.15) is 26.3 Å². The SMILES string of the molecule is CC(O)C(C)(C)NCc1ccnc2ccccc12. The van der Waals surface area contributed by atoms with E-state index in [4.69, 9.17) is 0 Å². The van der Waals surface area contributed by atoms with Gasteiger partial charge in [-0.3, -0.25) is 4.98 Å². The number of nitrogens with one attached hydrogen (secondary N) is 1. The van der Waals surface area contributed by atoms with Crippen molar-refractivity contribution in [1.29, 1.82) is 0 Å². The van der Waals surface area contributed by atoms with Crippen molar-refractivity contribution in [2.75, 3.05) is 0 Å². The summed E-state index contributed by atoms with van der Waals surface area (Å²) in [5, 5.41) is 14.2. The highest BCUT2D eigenvalue weighted by atomic mass is 16.3. The largest absolute Gasteiger partial charge is 0.392 e. The van der Waals surface area contributed by atoms with Gasteiger partial charge in [0.25, 0.3) is 0 Å². The molecule has 1 aromatic heterocycles. The molecule has 1 unspecified atom stereocenters. The first kappa shape index (κ1) is 13.0. The molecule has 1 aromatic carbocycles. The number of para-hydroxylation sites is 1. The van der Waals surface area contributed by atoms with Gasteiger partial charge >= 0.3 is 0 Å². The summed E-state index contributed by atoms with van der Waals surface area (Å²) in [6.07, 6.45) is 1.43. The normalized spacial score (nSPS) is 13.8. The van der Waals surface area contributed by atoms with Gasteiger partial charge in [-0.1, -0.05) is 18.2 Å². The maximum absolute atomic E-state index is 9.70.